The number of oxime groups is 1. The summed E-state index contributed by atoms with van der Waals surface area (Å²) in [4.78, 5) is 12.0. The summed E-state index contributed by atoms with van der Waals surface area (Å²) in [5, 5.41) is 24.5. The molecule has 0 heterocycles. The van der Waals surface area contributed by atoms with Crippen LogP contribution in [0.4, 0.5) is 5.69 Å². The number of hydrogen-bond acceptors (Lipinski definition) is 7. The van der Waals surface area contributed by atoms with Gasteiger partial charge >= 0.3 is 5.97 Å². The Balaban J connectivity index is 2.34. The van der Waals surface area contributed by atoms with Crippen molar-refractivity contribution >= 4 is 17.5 Å². The first kappa shape index (κ1) is 21.8. The second kappa shape index (κ2) is 10.8. The highest BCUT2D eigenvalue weighted by molar-refractivity contribution is 5.97. The molecule has 0 radical (unpaired) electrons. The summed E-state index contributed by atoms with van der Waals surface area (Å²) in [5.74, 6) is -0.170. The summed E-state index contributed by atoms with van der Waals surface area (Å²) in [6.07, 6.45) is 0. The summed E-state index contributed by atoms with van der Waals surface area (Å²) in [6, 6.07) is 10.5. The van der Waals surface area contributed by atoms with Gasteiger partial charge in [-0.3, -0.25) is 0 Å². The number of carboxylic acid groups (broad SMARTS) is 1. The topological polar surface area (TPSA) is 136 Å². The minimum atomic E-state index is -1.09. The van der Waals surface area contributed by atoms with E-state index in [-0.39, 0.29) is 12.4 Å². The average Bonchev–Trinajstić information content (AvgIpc) is 2.73. The molecule has 2 aromatic rings. The van der Waals surface area contributed by atoms with Crippen molar-refractivity contribution in [1.29, 1.82) is 0 Å². The number of methoxy groups -OCH3 is 1. The van der Waals surface area contributed by atoms with Crippen LogP contribution in [0.3, 0.4) is 0 Å². The molecule has 0 amide bonds. The number of carboxylic acids is 1. The Morgan fingerprint density at radius 3 is 2.48 bits per heavy atom. The Hall–Kier alpha value is -3.46. The fourth-order valence-electron chi connectivity index (χ4n) is 2.61. The maximum atomic E-state index is 12.0. The summed E-state index contributed by atoms with van der Waals surface area (Å²) in [6.45, 7) is 2.94. The number of rotatable bonds is 11. The zero-order chi connectivity index (χ0) is 21.2. The normalized spacial score (nSPS) is 12.3. The van der Waals surface area contributed by atoms with Crippen LogP contribution in [-0.4, -0.2) is 49.0 Å². The molecule has 0 saturated carbocycles. The number of carbonyl (C=O) groups is 1. The van der Waals surface area contributed by atoms with E-state index in [9.17, 15) is 9.90 Å². The lowest BCUT2D eigenvalue weighted by Gasteiger charge is -2.20. The summed E-state index contributed by atoms with van der Waals surface area (Å²) in [7, 11) is 1.56. The van der Waals surface area contributed by atoms with Gasteiger partial charge < -0.3 is 35.6 Å². The van der Waals surface area contributed by atoms with Gasteiger partial charge in [0.05, 0.1) is 13.2 Å². The quantitative estimate of drug-likeness (QED) is 0.148. The molecule has 5 N–H and O–H groups in total. The molecular weight excluding hydrogens is 378 g/mol. The summed E-state index contributed by atoms with van der Waals surface area (Å²) < 4.78 is 16.2. The van der Waals surface area contributed by atoms with Crippen molar-refractivity contribution in [3.05, 3.63) is 53.6 Å². The van der Waals surface area contributed by atoms with Crippen LogP contribution in [0.15, 0.2) is 47.6 Å². The van der Waals surface area contributed by atoms with Gasteiger partial charge in [0.2, 0.25) is 0 Å². The molecule has 0 bridgehead atoms. The Bertz CT molecular complexity index is 839. The van der Waals surface area contributed by atoms with Gasteiger partial charge in [0.15, 0.2) is 11.9 Å². The molecule has 9 heteroatoms. The van der Waals surface area contributed by atoms with E-state index in [1.54, 1.807) is 49.6 Å². The fourth-order valence-corrected chi connectivity index (χ4v) is 2.61. The van der Waals surface area contributed by atoms with Gasteiger partial charge in [-0.15, -0.1) is 0 Å². The molecule has 0 spiro atoms. The molecule has 1 atom stereocenters. The van der Waals surface area contributed by atoms with Crippen molar-refractivity contribution in [1.82, 2.24) is 0 Å². The molecule has 2 aromatic carbocycles. The first-order chi connectivity index (χ1) is 14.0. The molecular formula is C20H25N3O6. The monoisotopic (exact) mass is 403 g/mol. The Morgan fingerprint density at radius 2 is 1.90 bits per heavy atom. The van der Waals surface area contributed by atoms with Gasteiger partial charge in [-0.25, -0.2) is 4.79 Å². The predicted molar refractivity (Wildman–Crippen MR) is 108 cm³/mol. The number of benzene rings is 2. The Kier molecular flexibility index (Phi) is 8.11. The van der Waals surface area contributed by atoms with Crippen LogP contribution in [-0.2, 0) is 9.53 Å². The Morgan fingerprint density at radius 1 is 1.17 bits per heavy atom. The number of anilines is 1. The Labute approximate surface area is 168 Å². The third-order valence-electron chi connectivity index (χ3n) is 3.99. The predicted octanol–water partition coefficient (Wildman–Crippen LogP) is 2.44. The van der Waals surface area contributed by atoms with E-state index in [1.807, 2.05) is 6.92 Å². The number of hydrogen-bond donors (Lipinski definition) is 4. The number of nitrogens with zero attached hydrogens (tertiary/aromatic N) is 1. The van der Waals surface area contributed by atoms with Gasteiger partial charge in [-0.05, 0) is 49.4 Å². The minimum Gasteiger partial charge on any atom is -0.494 e. The number of ether oxygens (including phenoxy) is 3. The highest BCUT2D eigenvalue weighted by atomic mass is 16.5. The maximum absolute atomic E-state index is 12.0. The van der Waals surface area contributed by atoms with Crippen LogP contribution in [0.5, 0.6) is 11.5 Å². The standard InChI is InChI=1S/C20H25N3O6/c1-3-28-15-8-9-17(29-11-10-27-2)16(12-15)18(20(24)25)22-14-6-4-13(5-7-14)19(21)23-26/h4-9,12,18,22,26H,3,10-11H2,1-2H3,(H2,21,23)(H,24,25). The smallest absolute Gasteiger partial charge is 0.330 e. The van der Waals surface area contributed by atoms with E-state index < -0.39 is 12.0 Å². The first-order valence-corrected chi connectivity index (χ1v) is 8.96. The van der Waals surface area contributed by atoms with Gasteiger partial charge in [0, 0.05) is 23.9 Å². The number of nitrogens with two attached hydrogens (primary N) is 1. The van der Waals surface area contributed by atoms with Crippen LogP contribution in [0.2, 0.25) is 0 Å². The molecule has 9 nitrogen and oxygen atoms in total. The second-order valence-corrected chi connectivity index (χ2v) is 5.95. The van der Waals surface area contributed by atoms with Crippen LogP contribution in [0.1, 0.15) is 24.1 Å². The van der Waals surface area contributed by atoms with Crippen molar-refractivity contribution < 1.29 is 29.3 Å². The van der Waals surface area contributed by atoms with Crippen molar-refractivity contribution in [2.45, 2.75) is 13.0 Å². The first-order valence-electron chi connectivity index (χ1n) is 8.96. The highest BCUT2D eigenvalue weighted by Crippen LogP contribution is 2.32. The largest absolute Gasteiger partial charge is 0.494 e. The molecule has 0 aliphatic carbocycles. The van der Waals surface area contributed by atoms with Crippen LogP contribution >= 0.6 is 0 Å². The van der Waals surface area contributed by atoms with Crippen molar-refractivity contribution in [2.24, 2.45) is 10.9 Å². The average molecular weight is 403 g/mol. The highest BCUT2D eigenvalue weighted by Gasteiger charge is 2.24. The van der Waals surface area contributed by atoms with E-state index in [4.69, 9.17) is 25.2 Å². The fraction of sp³-hybridized carbons (Fsp3) is 0.300. The summed E-state index contributed by atoms with van der Waals surface area (Å²) >= 11 is 0. The molecule has 29 heavy (non-hydrogen) atoms. The lowest BCUT2D eigenvalue weighted by Crippen LogP contribution is -2.22. The third kappa shape index (κ3) is 6.01. The van der Waals surface area contributed by atoms with Crippen molar-refractivity contribution in [2.75, 3.05) is 32.2 Å². The van der Waals surface area contributed by atoms with Gasteiger partial charge in [-0.2, -0.15) is 0 Å². The third-order valence-corrected chi connectivity index (χ3v) is 3.99. The second-order valence-electron chi connectivity index (χ2n) is 5.95. The van der Waals surface area contributed by atoms with Crippen LogP contribution in [0.25, 0.3) is 0 Å². The van der Waals surface area contributed by atoms with Gasteiger partial charge in [-0.1, -0.05) is 5.16 Å². The number of amidine groups is 1. The van der Waals surface area contributed by atoms with Crippen LogP contribution < -0.4 is 20.5 Å². The molecule has 0 saturated heterocycles. The van der Waals surface area contributed by atoms with Gasteiger partial charge in [0.25, 0.3) is 0 Å². The van der Waals surface area contributed by atoms with Crippen LogP contribution in [0, 0.1) is 0 Å². The van der Waals surface area contributed by atoms with E-state index in [0.717, 1.165) is 0 Å². The minimum absolute atomic E-state index is 0.0374. The molecule has 0 aliphatic heterocycles. The molecule has 0 aliphatic rings. The molecule has 0 aromatic heterocycles. The van der Waals surface area contributed by atoms with Crippen molar-refractivity contribution in [3.8, 4) is 11.5 Å². The summed E-state index contributed by atoms with van der Waals surface area (Å²) in [5.41, 5.74) is 7.01. The van der Waals surface area contributed by atoms with Crippen molar-refractivity contribution in [3.63, 3.8) is 0 Å². The zero-order valence-corrected chi connectivity index (χ0v) is 16.3. The lowest BCUT2D eigenvalue weighted by molar-refractivity contribution is -0.138. The number of aliphatic carboxylic acids is 1. The number of nitrogens with one attached hydrogen (secondary N) is 1. The molecule has 2 rings (SSSR count). The zero-order valence-electron chi connectivity index (χ0n) is 16.3. The van der Waals surface area contributed by atoms with E-state index >= 15 is 0 Å². The maximum Gasteiger partial charge on any atom is 0.330 e. The molecule has 156 valence electrons. The molecule has 1 unspecified atom stereocenters. The molecule has 0 fully saturated rings. The van der Waals surface area contributed by atoms with Gasteiger partial charge in [0.1, 0.15) is 18.1 Å². The van der Waals surface area contributed by atoms with E-state index in [0.29, 0.717) is 41.5 Å². The lowest BCUT2D eigenvalue weighted by atomic mass is 10.0. The SMILES string of the molecule is CCOc1ccc(OCCOC)c(C(Nc2ccc(/C(N)=N\O)cc2)C(=O)O)c1. The van der Waals surface area contributed by atoms with E-state index in [2.05, 4.69) is 10.5 Å². The van der Waals surface area contributed by atoms with E-state index in [1.165, 1.54) is 0 Å².